The van der Waals surface area contributed by atoms with Gasteiger partial charge in [-0.1, -0.05) is 64.7 Å². The van der Waals surface area contributed by atoms with Crippen molar-refractivity contribution < 1.29 is 36.3 Å². The van der Waals surface area contributed by atoms with E-state index < -0.39 is 7.82 Å². The van der Waals surface area contributed by atoms with Crippen molar-refractivity contribution in [3.8, 4) is 0 Å². The number of hydrogen-bond acceptors (Lipinski definition) is 1. The average Bonchev–Trinajstić information content (AvgIpc) is 2.20. The van der Waals surface area contributed by atoms with Crippen molar-refractivity contribution in [2.75, 3.05) is 0 Å². The molecule has 18 heavy (non-hydrogen) atoms. The van der Waals surface area contributed by atoms with Crippen LogP contribution in [-0.2, 0) is 21.6 Å². The molecule has 0 radical (unpaired) electrons. The van der Waals surface area contributed by atoms with E-state index in [1.807, 2.05) is 0 Å². The Labute approximate surface area is 122 Å². The Morgan fingerprint density at radius 3 is 1.39 bits per heavy atom. The van der Waals surface area contributed by atoms with E-state index in [9.17, 15) is 0 Å². The summed E-state index contributed by atoms with van der Waals surface area (Å²) in [5.74, 6) is 0. The van der Waals surface area contributed by atoms with Gasteiger partial charge in [0.25, 0.3) is 0 Å². The molecule has 0 aromatic heterocycles. The van der Waals surface area contributed by atoms with E-state index in [2.05, 4.69) is 13.8 Å². The van der Waals surface area contributed by atoms with Gasteiger partial charge in [0.15, 0.2) is 0 Å². The van der Waals surface area contributed by atoms with Gasteiger partial charge in [-0.3, -0.25) is 0 Å². The molecule has 0 unspecified atom stereocenters. The number of phosphoric acid groups is 1. The van der Waals surface area contributed by atoms with Crippen molar-refractivity contribution in [3.05, 3.63) is 6.92 Å². The first-order valence-corrected chi connectivity index (χ1v) is 8.05. The van der Waals surface area contributed by atoms with Gasteiger partial charge in [0, 0.05) is 0 Å². The van der Waals surface area contributed by atoms with Gasteiger partial charge in [0.2, 0.25) is 0 Å². The molecule has 0 aliphatic rings. The molecular weight excluding hydrogens is 303 g/mol. The van der Waals surface area contributed by atoms with Gasteiger partial charge in [0.1, 0.15) is 0 Å². The van der Waals surface area contributed by atoms with E-state index in [0.717, 1.165) is 6.42 Å². The normalized spacial score (nSPS) is 10.3. The maximum Gasteiger partial charge on any atom is 1.00 e. The van der Waals surface area contributed by atoms with Crippen LogP contribution in [0.1, 0.15) is 71.1 Å². The van der Waals surface area contributed by atoms with Crippen molar-refractivity contribution in [2.24, 2.45) is 0 Å². The third-order valence-corrected chi connectivity index (χ3v) is 2.35. The second-order valence-electron chi connectivity index (χ2n) is 4.20. The van der Waals surface area contributed by atoms with Gasteiger partial charge in [-0.25, -0.2) is 4.57 Å². The molecule has 0 rings (SSSR count). The van der Waals surface area contributed by atoms with Crippen LogP contribution in [0.25, 0.3) is 0 Å². The summed E-state index contributed by atoms with van der Waals surface area (Å²) >= 11 is 0. The summed E-state index contributed by atoms with van der Waals surface area (Å²) in [6.45, 7) is 6.12. The molecule has 0 aromatic rings. The Bertz CT molecular complexity index is 167. The first-order valence-electron chi connectivity index (χ1n) is 6.49. The predicted molar refractivity (Wildman–Crippen MR) is 71.5 cm³/mol. The third kappa shape index (κ3) is 43.8. The van der Waals surface area contributed by atoms with Gasteiger partial charge in [-0.05, 0) is 0 Å². The molecule has 116 valence electrons. The molecule has 0 spiro atoms. The summed E-state index contributed by atoms with van der Waals surface area (Å²) in [5.41, 5.74) is 0. The van der Waals surface area contributed by atoms with Crippen LogP contribution in [-0.4, -0.2) is 14.7 Å². The fourth-order valence-corrected chi connectivity index (χ4v) is 1.49. The first kappa shape index (κ1) is 23.7. The maximum atomic E-state index is 8.88. The Morgan fingerprint density at radius 2 is 1.11 bits per heavy atom. The van der Waals surface area contributed by atoms with Crippen molar-refractivity contribution in [3.63, 3.8) is 0 Å². The van der Waals surface area contributed by atoms with Crippen LogP contribution >= 0.6 is 7.82 Å². The summed E-state index contributed by atoms with van der Waals surface area (Å²) < 4.78 is 8.88. The SMILES string of the molecule is O=P(O)(O)O.[CH2-]CCCCCCCCCCC.[Cu+]. The standard InChI is InChI=1S/C12H25.Cu.H3O4P/c1-3-5-7-9-11-12-10-8-6-4-2;;1-5(2,3)4/h1,3-12H2,2H3;;(H3,1,2,3,4)/q-1;+1;. The molecule has 0 heterocycles. The summed E-state index contributed by atoms with van der Waals surface area (Å²) in [4.78, 5) is 21.6. The zero-order valence-electron chi connectivity index (χ0n) is 11.3. The van der Waals surface area contributed by atoms with Crippen LogP contribution < -0.4 is 0 Å². The summed E-state index contributed by atoms with van der Waals surface area (Å²) in [6, 6.07) is 0. The van der Waals surface area contributed by atoms with Crippen LogP contribution in [0.5, 0.6) is 0 Å². The van der Waals surface area contributed by atoms with Crippen LogP contribution in [0, 0.1) is 6.92 Å². The minimum absolute atomic E-state index is 0. The summed E-state index contributed by atoms with van der Waals surface area (Å²) in [5, 5.41) is 0. The van der Waals surface area contributed by atoms with E-state index in [-0.39, 0.29) is 17.1 Å². The summed E-state index contributed by atoms with van der Waals surface area (Å²) in [7, 11) is -4.64. The van der Waals surface area contributed by atoms with Crippen molar-refractivity contribution >= 4 is 7.82 Å². The zero-order chi connectivity index (χ0) is 13.6. The van der Waals surface area contributed by atoms with Gasteiger partial charge < -0.3 is 21.6 Å². The molecular formula is C12H28CuO4P. The van der Waals surface area contributed by atoms with E-state index in [4.69, 9.17) is 19.2 Å². The topological polar surface area (TPSA) is 77.8 Å². The fraction of sp³-hybridized carbons (Fsp3) is 0.917. The largest absolute Gasteiger partial charge is 1.00 e. The molecule has 4 nitrogen and oxygen atoms in total. The van der Waals surface area contributed by atoms with Crippen molar-refractivity contribution in [1.82, 2.24) is 0 Å². The minimum atomic E-state index is -4.64. The molecule has 0 saturated heterocycles. The number of rotatable bonds is 9. The van der Waals surface area contributed by atoms with Gasteiger partial charge in [-0.2, -0.15) is 6.42 Å². The van der Waals surface area contributed by atoms with Crippen LogP contribution in [0.4, 0.5) is 0 Å². The Hall–Kier alpha value is 0.629. The van der Waals surface area contributed by atoms with Gasteiger partial charge in [-0.15, -0.1) is 0 Å². The second kappa shape index (κ2) is 17.6. The first-order chi connectivity index (χ1) is 7.91. The molecule has 0 saturated carbocycles. The molecule has 3 N–H and O–H groups in total. The molecule has 0 aliphatic heterocycles. The zero-order valence-corrected chi connectivity index (χ0v) is 13.1. The Balaban J connectivity index is -0.000000321. The van der Waals surface area contributed by atoms with E-state index in [0.29, 0.717) is 0 Å². The minimum Gasteiger partial charge on any atom is -0.343 e. The van der Waals surface area contributed by atoms with Crippen LogP contribution in [0.2, 0.25) is 0 Å². The molecule has 0 aromatic carbocycles. The molecule has 0 amide bonds. The van der Waals surface area contributed by atoms with Gasteiger partial charge in [0.05, 0.1) is 0 Å². The Morgan fingerprint density at radius 1 is 0.833 bits per heavy atom. The molecule has 0 atom stereocenters. The van der Waals surface area contributed by atoms with Crippen LogP contribution in [0.15, 0.2) is 0 Å². The van der Waals surface area contributed by atoms with Gasteiger partial charge >= 0.3 is 24.9 Å². The number of hydrogen-bond donors (Lipinski definition) is 3. The quantitative estimate of drug-likeness (QED) is 0.260. The molecule has 0 aliphatic carbocycles. The smallest absolute Gasteiger partial charge is 0.343 e. The Kier molecular flexibility index (Phi) is 23.2. The number of unbranched alkanes of at least 4 members (excludes halogenated alkanes) is 9. The molecule has 6 heteroatoms. The van der Waals surface area contributed by atoms with Crippen molar-refractivity contribution in [1.29, 1.82) is 0 Å². The van der Waals surface area contributed by atoms with E-state index in [1.54, 1.807) is 0 Å². The third-order valence-electron chi connectivity index (χ3n) is 2.35. The molecule has 0 fully saturated rings. The van der Waals surface area contributed by atoms with Crippen molar-refractivity contribution in [2.45, 2.75) is 71.1 Å². The maximum absolute atomic E-state index is 8.88. The molecule has 0 bridgehead atoms. The summed E-state index contributed by atoms with van der Waals surface area (Å²) in [6.07, 6.45) is 13.9. The van der Waals surface area contributed by atoms with Crippen LogP contribution in [0.3, 0.4) is 0 Å². The second-order valence-corrected chi connectivity index (χ2v) is 5.22. The fourth-order valence-electron chi connectivity index (χ4n) is 1.49. The van der Waals surface area contributed by atoms with E-state index in [1.165, 1.54) is 57.8 Å². The predicted octanol–water partition coefficient (Wildman–Crippen LogP) is 3.81. The van der Waals surface area contributed by atoms with E-state index >= 15 is 0 Å². The average molecular weight is 331 g/mol. The monoisotopic (exact) mass is 330 g/mol.